The van der Waals surface area contributed by atoms with Crippen molar-refractivity contribution in [3.05, 3.63) is 59.1 Å². The molecule has 0 heterocycles. The Morgan fingerprint density at radius 1 is 1.24 bits per heavy atom. The molecule has 0 unspecified atom stereocenters. The van der Waals surface area contributed by atoms with Crippen molar-refractivity contribution in [2.24, 2.45) is 0 Å². The summed E-state index contributed by atoms with van der Waals surface area (Å²) in [4.78, 5) is 11.7. The Balaban J connectivity index is 2.37. The van der Waals surface area contributed by atoms with Crippen LogP contribution < -0.4 is 4.74 Å². The molecule has 2 aromatic carbocycles. The highest BCUT2D eigenvalue weighted by Gasteiger charge is 2.07. The second-order valence-electron chi connectivity index (χ2n) is 4.11. The fourth-order valence-electron chi connectivity index (χ4n) is 1.73. The molecule has 0 aromatic heterocycles. The van der Waals surface area contributed by atoms with Gasteiger partial charge >= 0.3 is 5.97 Å². The van der Waals surface area contributed by atoms with Crippen molar-refractivity contribution in [3.8, 4) is 11.5 Å². The van der Waals surface area contributed by atoms with Crippen LogP contribution in [0.1, 0.15) is 5.56 Å². The van der Waals surface area contributed by atoms with Crippen LogP contribution in [0.2, 0.25) is 5.02 Å². The number of thioether (sulfide) groups is 1. The van der Waals surface area contributed by atoms with Gasteiger partial charge in [-0.05, 0) is 42.7 Å². The predicted octanol–water partition coefficient (Wildman–Crippen LogP) is 4.95. The zero-order chi connectivity index (χ0) is 15.2. The zero-order valence-corrected chi connectivity index (χ0v) is 12.8. The molecule has 0 saturated heterocycles. The maximum absolute atomic E-state index is 10.7. The number of rotatable bonds is 5. The molecule has 3 nitrogen and oxygen atoms in total. The second kappa shape index (κ2) is 7.20. The molecule has 5 heteroatoms. The number of benzene rings is 2. The summed E-state index contributed by atoms with van der Waals surface area (Å²) >= 11 is 7.53. The second-order valence-corrected chi connectivity index (χ2v) is 5.39. The van der Waals surface area contributed by atoms with Gasteiger partial charge in [-0.3, -0.25) is 0 Å². The van der Waals surface area contributed by atoms with Crippen molar-refractivity contribution < 1.29 is 14.6 Å². The Bertz CT molecular complexity index is 683. The molecule has 0 fully saturated rings. The highest BCUT2D eigenvalue weighted by molar-refractivity contribution is 7.98. The summed E-state index contributed by atoms with van der Waals surface area (Å²) in [5, 5.41) is 9.26. The fourth-order valence-corrected chi connectivity index (χ4v) is 2.43. The summed E-state index contributed by atoms with van der Waals surface area (Å²) < 4.78 is 5.90. The Kier molecular flexibility index (Phi) is 5.31. The van der Waals surface area contributed by atoms with Crippen molar-refractivity contribution >= 4 is 35.4 Å². The van der Waals surface area contributed by atoms with Crippen molar-refractivity contribution in [3.63, 3.8) is 0 Å². The summed E-state index contributed by atoms with van der Waals surface area (Å²) in [5.41, 5.74) is 0.612. The van der Waals surface area contributed by atoms with Crippen molar-refractivity contribution in [1.29, 1.82) is 0 Å². The molecule has 0 amide bonds. The van der Waals surface area contributed by atoms with Gasteiger partial charge in [0.1, 0.15) is 11.5 Å². The van der Waals surface area contributed by atoms with E-state index in [-0.39, 0.29) is 0 Å². The predicted molar refractivity (Wildman–Crippen MR) is 86.4 cm³/mol. The first-order chi connectivity index (χ1) is 10.1. The molecule has 0 saturated carbocycles. The topological polar surface area (TPSA) is 46.5 Å². The normalized spacial score (nSPS) is 10.8. The first-order valence-electron chi connectivity index (χ1n) is 6.11. The van der Waals surface area contributed by atoms with Crippen LogP contribution in [0.15, 0.2) is 53.4 Å². The Labute approximate surface area is 132 Å². The SMILES string of the molecule is CSc1ccccc1Oc1ccc(Cl)cc1/C=C/C(=O)O. The number of carbonyl (C=O) groups is 1. The molecule has 0 aliphatic heterocycles. The van der Waals surface area contributed by atoms with Crippen molar-refractivity contribution in [2.75, 3.05) is 6.26 Å². The molecule has 0 radical (unpaired) electrons. The summed E-state index contributed by atoms with van der Waals surface area (Å²) in [5.74, 6) is 0.251. The molecule has 2 aromatic rings. The molecule has 2 rings (SSSR count). The van der Waals surface area contributed by atoms with E-state index in [1.54, 1.807) is 30.0 Å². The number of ether oxygens (including phenoxy) is 1. The van der Waals surface area contributed by atoms with Gasteiger partial charge in [0.25, 0.3) is 0 Å². The lowest BCUT2D eigenvalue weighted by molar-refractivity contribution is -0.131. The minimum absolute atomic E-state index is 0.519. The number of halogens is 1. The van der Waals surface area contributed by atoms with E-state index in [9.17, 15) is 4.79 Å². The zero-order valence-electron chi connectivity index (χ0n) is 11.2. The van der Waals surface area contributed by atoms with Gasteiger partial charge in [0, 0.05) is 21.6 Å². The number of hydrogen-bond acceptors (Lipinski definition) is 3. The molecule has 0 aliphatic carbocycles. The number of aliphatic carboxylic acids is 1. The third-order valence-electron chi connectivity index (χ3n) is 2.67. The van der Waals surface area contributed by atoms with E-state index in [1.807, 2.05) is 30.5 Å². The van der Waals surface area contributed by atoms with Crippen LogP contribution in [0.3, 0.4) is 0 Å². The van der Waals surface area contributed by atoms with Crippen LogP contribution in [-0.4, -0.2) is 17.3 Å². The van der Waals surface area contributed by atoms with Crippen LogP contribution in [0.4, 0.5) is 0 Å². The van der Waals surface area contributed by atoms with Gasteiger partial charge in [-0.25, -0.2) is 4.79 Å². The molecule has 0 aliphatic rings. The monoisotopic (exact) mass is 320 g/mol. The Morgan fingerprint density at radius 3 is 2.71 bits per heavy atom. The van der Waals surface area contributed by atoms with Gasteiger partial charge in [0.05, 0.1) is 0 Å². The van der Waals surface area contributed by atoms with Gasteiger partial charge in [0.2, 0.25) is 0 Å². The number of carboxylic acid groups (broad SMARTS) is 1. The van der Waals surface area contributed by atoms with Gasteiger partial charge < -0.3 is 9.84 Å². The summed E-state index contributed by atoms with van der Waals surface area (Å²) in [7, 11) is 0. The molecule has 0 spiro atoms. The lowest BCUT2D eigenvalue weighted by Crippen LogP contribution is -1.91. The molecule has 0 atom stereocenters. The molecule has 108 valence electrons. The quantitative estimate of drug-likeness (QED) is 0.625. The van der Waals surface area contributed by atoms with Crippen LogP contribution in [0, 0.1) is 0 Å². The van der Waals surface area contributed by atoms with Crippen molar-refractivity contribution in [1.82, 2.24) is 0 Å². The standard InChI is InChI=1S/C16H13ClO3S/c1-21-15-5-3-2-4-14(15)20-13-8-7-12(17)10-11(13)6-9-16(18)19/h2-10H,1H3,(H,18,19)/b9-6+. The third-order valence-corrected chi connectivity index (χ3v) is 3.68. The summed E-state index contributed by atoms with van der Waals surface area (Å²) in [6, 6.07) is 12.7. The molecule has 1 N–H and O–H groups in total. The summed E-state index contributed by atoms with van der Waals surface area (Å²) in [6.07, 6.45) is 4.49. The van der Waals surface area contributed by atoms with Crippen molar-refractivity contribution in [2.45, 2.75) is 4.90 Å². The van der Waals surface area contributed by atoms with Gasteiger partial charge in [-0.15, -0.1) is 11.8 Å². The fraction of sp³-hybridized carbons (Fsp3) is 0.0625. The van der Waals surface area contributed by atoms with E-state index in [0.717, 1.165) is 16.7 Å². The van der Waals surface area contributed by atoms with E-state index < -0.39 is 5.97 Å². The largest absolute Gasteiger partial charge is 0.478 e. The Morgan fingerprint density at radius 2 is 2.00 bits per heavy atom. The van der Waals surface area contributed by atoms with Gasteiger partial charge in [0.15, 0.2) is 0 Å². The highest BCUT2D eigenvalue weighted by atomic mass is 35.5. The van der Waals surface area contributed by atoms with E-state index >= 15 is 0 Å². The smallest absolute Gasteiger partial charge is 0.328 e. The molecular weight excluding hydrogens is 308 g/mol. The average molecular weight is 321 g/mol. The maximum atomic E-state index is 10.7. The van der Waals surface area contributed by atoms with E-state index in [0.29, 0.717) is 16.3 Å². The lowest BCUT2D eigenvalue weighted by Gasteiger charge is -2.12. The third kappa shape index (κ3) is 4.28. The van der Waals surface area contributed by atoms with Gasteiger partial charge in [-0.2, -0.15) is 0 Å². The number of hydrogen-bond donors (Lipinski definition) is 1. The first kappa shape index (κ1) is 15.5. The maximum Gasteiger partial charge on any atom is 0.328 e. The van der Waals surface area contributed by atoms with E-state index in [1.165, 1.54) is 6.08 Å². The number of para-hydroxylation sites is 1. The van der Waals surface area contributed by atoms with Crippen LogP contribution in [0.5, 0.6) is 11.5 Å². The molecule has 0 bridgehead atoms. The molecule has 21 heavy (non-hydrogen) atoms. The van der Waals surface area contributed by atoms with Crippen LogP contribution in [-0.2, 0) is 4.79 Å². The lowest BCUT2D eigenvalue weighted by atomic mass is 10.2. The average Bonchev–Trinajstić information content (AvgIpc) is 2.48. The van der Waals surface area contributed by atoms with E-state index in [2.05, 4.69) is 0 Å². The van der Waals surface area contributed by atoms with Gasteiger partial charge in [-0.1, -0.05) is 23.7 Å². The highest BCUT2D eigenvalue weighted by Crippen LogP contribution is 2.34. The summed E-state index contributed by atoms with van der Waals surface area (Å²) in [6.45, 7) is 0. The Hall–Kier alpha value is -1.91. The first-order valence-corrected chi connectivity index (χ1v) is 7.72. The van der Waals surface area contributed by atoms with Crippen LogP contribution in [0.25, 0.3) is 6.08 Å². The van der Waals surface area contributed by atoms with Crippen LogP contribution >= 0.6 is 23.4 Å². The number of carboxylic acids is 1. The van der Waals surface area contributed by atoms with E-state index in [4.69, 9.17) is 21.4 Å². The minimum Gasteiger partial charge on any atom is -0.478 e. The molecular formula is C16H13ClO3S. The minimum atomic E-state index is -1.02.